The van der Waals surface area contributed by atoms with Crippen molar-refractivity contribution in [3.63, 3.8) is 0 Å². The normalized spacial score (nSPS) is 10.9. The summed E-state index contributed by atoms with van der Waals surface area (Å²) in [7, 11) is 0. The summed E-state index contributed by atoms with van der Waals surface area (Å²) in [5, 5.41) is 0. The average molecular weight is 291 g/mol. The van der Waals surface area contributed by atoms with Gasteiger partial charge in [-0.05, 0) is 37.1 Å². The first-order chi connectivity index (χ1) is 10.7. The molecule has 2 aromatic carbocycles. The highest BCUT2D eigenvalue weighted by atomic mass is 15.2. The number of nitrogens with zero attached hydrogens (tertiary/aromatic N) is 2. The maximum absolute atomic E-state index is 4.10. The quantitative estimate of drug-likeness (QED) is 0.751. The molecule has 3 nitrogen and oxygen atoms in total. The van der Waals surface area contributed by atoms with E-state index in [2.05, 4.69) is 77.2 Å². The summed E-state index contributed by atoms with van der Waals surface area (Å²) in [4.78, 5) is 9.64. The second-order valence-corrected chi connectivity index (χ2v) is 5.71. The highest BCUT2D eigenvalue weighted by Gasteiger charge is 2.12. The van der Waals surface area contributed by atoms with E-state index in [9.17, 15) is 0 Å². The van der Waals surface area contributed by atoms with Crippen LogP contribution in [0.1, 0.15) is 19.5 Å². The van der Waals surface area contributed by atoms with Crippen LogP contribution in [0.5, 0.6) is 0 Å². The summed E-state index contributed by atoms with van der Waals surface area (Å²) in [5.74, 6) is 0. The minimum atomic E-state index is 0.422. The van der Waals surface area contributed by atoms with Gasteiger partial charge >= 0.3 is 0 Å². The molecule has 112 valence electrons. The van der Waals surface area contributed by atoms with Crippen molar-refractivity contribution in [2.75, 3.05) is 4.90 Å². The van der Waals surface area contributed by atoms with Crippen molar-refractivity contribution in [1.29, 1.82) is 0 Å². The summed E-state index contributed by atoms with van der Waals surface area (Å²) in [6.07, 6.45) is 3.61. The minimum Gasteiger partial charge on any atom is -0.363 e. The molecule has 0 saturated heterocycles. The van der Waals surface area contributed by atoms with Gasteiger partial charge < -0.3 is 9.88 Å². The van der Waals surface area contributed by atoms with Gasteiger partial charge in [-0.2, -0.15) is 0 Å². The fourth-order valence-corrected chi connectivity index (χ4v) is 2.60. The summed E-state index contributed by atoms with van der Waals surface area (Å²) in [6.45, 7) is 5.26. The summed E-state index contributed by atoms with van der Waals surface area (Å²) < 4.78 is 0. The largest absolute Gasteiger partial charge is 0.363 e. The van der Waals surface area contributed by atoms with E-state index in [-0.39, 0.29) is 0 Å². The number of anilines is 1. The van der Waals surface area contributed by atoms with E-state index in [0.29, 0.717) is 6.04 Å². The van der Waals surface area contributed by atoms with E-state index in [1.165, 1.54) is 16.8 Å². The molecule has 1 N–H and O–H groups in total. The van der Waals surface area contributed by atoms with E-state index in [0.717, 1.165) is 12.2 Å². The van der Waals surface area contributed by atoms with Gasteiger partial charge in [0.25, 0.3) is 0 Å². The van der Waals surface area contributed by atoms with Crippen LogP contribution in [-0.2, 0) is 6.54 Å². The first kappa shape index (κ1) is 14.4. The number of benzene rings is 2. The first-order valence-corrected chi connectivity index (χ1v) is 7.63. The summed E-state index contributed by atoms with van der Waals surface area (Å²) in [6, 6.07) is 19.6. The SMILES string of the molecule is CC(C)N(Cc1cnc[nH]1)c1ccc(-c2ccccc2)cc1. The third-order valence-corrected chi connectivity index (χ3v) is 3.82. The van der Waals surface area contributed by atoms with E-state index in [1.54, 1.807) is 6.33 Å². The van der Waals surface area contributed by atoms with Crippen molar-refractivity contribution in [2.24, 2.45) is 0 Å². The smallest absolute Gasteiger partial charge is 0.0922 e. The molecule has 1 heterocycles. The standard InChI is InChI=1S/C19H21N3/c1-15(2)22(13-18-12-20-14-21-18)19-10-8-17(9-11-19)16-6-4-3-5-7-16/h3-12,14-15H,13H2,1-2H3,(H,20,21). The molecule has 0 fully saturated rings. The number of aromatic nitrogens is 2. The van der Waals surface area contributed by atoms with Gasteiger partial charge in [0.2, 0.25) is 0 Å². The zero-order valence-corrected chi connectivity index (χ0v) is 13.0. The van der Waals surface area contributed by atoms with Crippen molar-refractivity contribution < 1.29 is 0 Å². The summed E-state index contributed by atoms with van der Waals surface area (Å²) >= 11 is 0. The molecule has 0 spiro atoms. The number of hydrogen-bond acceptors (Lipinski definition) is 2. The van der Waals surface area contributed by atoms with Crippen molar-refractivity contribution in [3.8, 4) is 11.1 Å². The van der Waals surface area contributed by atoms with Crippen molar-refractivity contribution in [1.82, 2.24) is 9.97 Å². The second kappa shape index (κ2) is 6.48. The zero-order chi connectivity index (χ0) is 15.4. The molecule has 0 aliphatic heterocycles. The number of H-pyrrole nitrogens is 1. The number of nitrogens with one attached hydrogen (secondary N) is 1. The molecular weight excluding hydrogens is 270 g/mol. The third kappa shape index (κ3) is 3.19. The van der Waals surface area contributed by atoms with Crippen LogP contribution in [0.3, 0.4) is 0 Å². The molecule has 0 unspecified atom stereocenters. The zero-order valence-electron chi connectivity index (χ0n) is 13.0. The topological polar surface area (TPSA) is 31.9 Å². The van der Waals surface area contributed by atoms with Gasteiger partial charge in [0.05, 0.1) is 18.6 Å². The van der Waals surface area contributed by atoms with Gasteiger partial charge in [0.15, 0.2) is 0 Å². The predicted octanol–water partition coefficient (Wildman–Crippen LogP) is 4.49. The Morgan fingerprint density at radius 3 is 2.23 bits per heavy atom. The Bertz CT molecular complexity index is 685. The Kier molecular flexibility index (Phi) is 4.24. The van der Waals surface area contributed by atoms with Crippen LogP contribution in [-0.4, -0.2) is 16.0 Å². The Balaban J connectivity index is 1.83. The molecule has 0 atom stereocenters. The van der Waals surface area contributed by atoms with Gasteiger partial charge in [-0.3, -0.25) is 0 Å². The Labute approximate surface area is 131 Å². The van der Waals surface area contributed by atoms with Crippen LogP contribution in [0.4, 0.5) is 5.69 Å². The van der Waals surface area contributed by atoms with E-state index in [4.69, 9.17) is 0 Å². The molecule has 0 radical (unpaired) electrons. The van der Waals surface area contributed by atoms with Crippen LogP contribution < -0.4 is 4.90 Å². The van der Waals surface area contributed by atoms with Gasteiger partial charge in [0, 0.05) is 17.9 Å². The maximum Gasteiger partial charge on any atom is 0.0922 e. The van der Waals surface area contributed by atoms with Crippen molar-refractivity contribution >= 4 is 5.69 Å². The molecule has 3 heteroatoms. The van der Waals surface area contributed by atoms with Gasteiger partial charge in [0.1, 0.15) is 0 Å². The van der Waals surface area contributed by atoms with Crippen LogP contribution in [0.2, 0.25) is 0 Å². The lowest BCUT2D eigenvalue weighted by Gasteiger charge is -2.28. The maximum atomic E-state index is 4.10. The molecule has 0 saturated carbocycles. The number of hydrogen-bond donors (Lipinski definition) is 1. The third-order valence-electron chi connectivity index (χ3n) is 3.82. The first-order valence-electron chi connectivity index (χ1n) is 7.63. The van der Waals surface area contributed by atoms with Crippen LogP contribution in [0, 0.1) is 0 Å². The van der Waals surface area contributed by atoms with Crippen LogP contribution in [0.25, 0.3) is 11.1 Å². The molecule has 0 amide bonds. The van der Waals surface area contributed by atoms with Crippen LogP contribution in [0.15, 0.2) is 67.1 Å². The van der Waals surface area contributed by atoms with Crippen molar-refractivity contribution in [3.05, 3.63) is 72.8 Å². The minimum absolute atomic E-state index is 0.422. The fourth-order valence-electron chi connectivity index (χ4n) is 2.60. The number of imidazole rings is 1. The monoisotopic (exact) mass is 291 g/mol. The molecule has 0 bridgehead atoms. The lowest BCUT2D eigenvalue weighted by atomic mass is 10.1. The average Bonchev–Trinajstić information content (AvgIpc) is 3.07. The number of rotatable bonds is 5. The molecule has 22 heavy (non-hydrogen) atoms. The van der Waals surface area contributed by atoms with Crippen molar-refractivity contribution in [2.45, 2.75) is 26.4 Å². The van der Waals surface area contributed by atoms with Gasteiger partial charge in [-0.1, -0.05) is 42.5 Å². The van der Waals surface area contributed by atoms with Gasteiger partial charge in [-0.15, -0.1) is 0 Å². The molecule has 0 aliphatic carbocycles. The highest BCUT2D eigenvalue weighted by molar-refractivity contribution is 5.66. The molecule has 3 rings (SSSR count). The van der Waals surface area contributed by atoms with E-state index in [1.807, 2.05) is 12.3 Å². The van der Waals surface area contributed by atoms with Gasteiger partial charge in [-0.25, -0.2) is 4.98 Å². The number of aromatic amines is 1. The molecule has 3 aromatic rings. The lowest BCUT2D eigenvalue weighted by molar-refractivity contribution is 0.675. The lowest BCUT2D eigenvalue weighted by Crippen LogP contribution is -2.30. The Hall–Kier alpha value is -2.55. The Morgan fingerprint density at radius 1 is 0.955 bits per heavy atom. The van der Waals surface area contributed by atoms with E-state index < -0.39 is 0 Å². The summed E-state index contributed by atoms with van der Waals surface area (Å²) in [5.41, 5.74) is 4.85. The fraction of sp³-hybridized carbons (Fsp3) is 0.211. The molecular formula is C19H21N3. The van der Waals surface area contributed by atoms with E-state index >= 15 is 0 Å². The second-order valence-electron chi connectivity index (χ2n) is 5.71. The Morgan fingerprint density at radius 2 is 1.64 bits per heavy atom. The molecule has 0 aliphatic rings. The molecule has 1 aromatic heterocycles. The predicted molar refractivity (Wildman–Crippen MR) is 91.8 cm³/mol. The van der Waals surface area contributed by atoms with Crippen LogP contribution >= 0.6 is 0 Å². The highest BCUT2D eigenvalue weighted by Crippen LogP contribution is 2.25.